The van der Waals surface area contributed by atoms with E-state index in [-0.39, 0.29) is 6.04 Å². The van der Waals surface area contributed by atoms with Crippen LogP contribution in [0.2, 0.25) is 0 Å². The van der Waals surface area contributed by atoms with Crippen molar-refractivity contribution in [1.82, 2.24) is 0 Å². The predicted molar refractivity (Wildman–Crippen MR) is 78.5 cm³/mol. The van der Waals surface area contributed by atoms with Crippen molar-refractivity contribution in [3.8, 4) is 0 Å². The lowest BCUT2D eigenvalue weighted by atomic mass is 10.1. The molecule has 2 nitrogen and oxygen atoms in total. The van der Waals surface area contributed by atoms with Crippen molar-refractivity contribution in [3.05, 3.63) is 64.1 Å². The van der Waals surface area contributed by atoms with Gasteiger partial charge in [-0.1, -0.05) is 40.2 Å². The highest BCUT2D eigenvalue weighted by Crippen LogP contribution is 2.39. The second kappa shape index (κ2) is 4.75. The molecule has 2 unspecified atom stereocenters. The molecule has 2 atom stereocenters. The maximum Gasteiger partial charge on any atom is 0.0535 e. The molecule has 3 N–H and O–H groups in total. The van der Waals surface area contributed by atoms with E-state index in [1.165, 1.54) is 11.1 Å². The third-order valence-electron chi connectivity index (χ3n) is 3.45. The van der Waals surface area contributed by atoms with Gasteiger partial charge in [-0.05, 0) is 41.8 Å². The van der Waals surface area contributed by atoms with E-state index in [1.54, 1.807) is 0 Å². The molecule has 0 spiro atoms. The smallest absolute Gasteiger partial charge is 0.0535 e. The highest BCUT2D eigenvalue weighted by molar-refractivity contribution is 9.10. The topological polar surface area (TPSA) is 38.0 Å². The van der Waals surface area contributed by atoms with Crippen LogP contribution < -0.4 is 11.1 Å². The van der Waals surface area contributed by atoms with E-state index in [9.17, 15) is 0 Å². The molecular formula is C15H15BrN2. The van der Waals surface area contributed by atoms with E-state index in [0.29, 0.717) is 6.04 Å². The summed E-state index contributed by atoms with van der Waals surface area (Å²) < 4.78 is 1.09. The molecule has 0 amide bonds. The summed E-state index contributed by atoms with van der Waals surface area (Å²) in [6, 6.07) is 17.1. The molecule has 0 saturated heterocycles. The van der Waals surface area contributed by atoms with E-state index in [0.717, 1.165) is 16.6 Å². The molecule has 0 aromatic heterocycles. The van der Waals surface area contributed by atoms with E-state index in [4.69, 9.17) is 5.73 Å². The molecule has 3 heteroatoms. The van der Waals surface area contributed by atoms with Gasteiger partial charge in [-0.15, -0.1) is 0 Å². The highest BCUT2D eigenvalue weighted by atomic mass is 79.9. The second-order valence-corrected chi connectivity index (χ2v) is 5.59. The van der Waals surface area contributed by atoms with Crippen molar-refractivity contribution in [2.75, 3.05) is 5.32 Å². The second-order valence-electron chi connectivity index (χ2n) is 4.67. The van der Waals surface area contributed by atoms with Gasteiger partial charge in [-0.3, -0.25) is 0 Å². The summed E-state index contributed by atoms with van der Waals surface area (Å²) in [5.41, 5.74) is 9.90. The third-order valence-corrected chi connectivity index (χ3v) is 3.97. The van der Waals surface area contributed by atoms with Gasteiger partial charge in [0, 0.05) is 16.2 Å². The first-order valence-electron chi connectivity index (χ1n) is 6.10. The van der Waals surface area contributed by atoms with Crippen LogP contribution in [0, 0.1) is 0 Å². The first-order valence-corrected chi connectivity index (χ1v) is 6.90. The van der Waals surface area contributed by atoms with Crippen molar-refractivity contribution >= 4 is 21.6 Å². The molecule has 2 aromatic carbocycles. The van der Waals surface area contributed by atoms with Crippen LogP contribution in [0.3, 0.4) is 0 Å². The van der Waals surface area contributed by atoms with E-state index in [2.05, 4.69) is 57.6 Å². The number of rotatable bonds is 2. The summed E-state index contributed by atoms with van der Waals surface area (Å²) in [4.78, 5) is 0. The number of halogens is 1. The molecule has 1 aliphatic carbocycles. The van der Waals surface area contributed by atoms with Gasteiger partial charge >= 0.3 is 0 Å². The Bertz CT molecular complexity index is 551. The average Bonchev–Trinajstić information content (AvgIpc) is 2.70. The largest absolute Gasteiger partial charge is 0.378 e. The number of nitrogens with two attached hydrogens (primary N) is 1. The zero-order chi connectivity index (χ0) is 12.5. The summed E-state index contributed by atoms with van der Waals surface area (Å²) in [5.74, 6) is 0. The quantitative estimate of drug-likeness (QED) is 0.880. The fourth-order valence-electron chi connectivity index (χ4n) is 2.56. The lowest BCUT2D eigenvalue weighted by molar-refractivity contribution is 0.648. The van der Waals surface area contributed by atoms with Crippen LogP contribution in [0.4, 0.5) is 5.69 Å². The van der Waals surface area contributed by atoms with Crippen LogP contribution in [0.15, 0.2) is 53.0 Å². The Balaban J connectivity index is 1.85. The number of hydrogen-bond acceptors (Lipinski definition) is 2. The number of benzene rings is 2. The van der Waals surface area contributed by atoms with Crippen molar-refractivity contribution < 1.29 is 0 Å². The maximum absolute atomic E-state index is 6.17. The molecule has 0 bridgehead atoms. The zero-order valence-corrected chi connectivity index (χ0v) is 11.5. The number of hydrogen-bond donors (Lipinski definition) is 2. The lowest BCUT2D eigenvalue weighted by Crippen LogP contribution is -2.09. The molecule has 0 heterocycles. The van der Waals surface area contributed by atoms with Gasteiger partial charge in [-0.2, -0.15) is 0 Å². The Morgan fingerprint density at radius 3 is 2.39 bits per heavy atom. The van der Waals surface area contributed by atoms with Crippen molar-refractivity contribution in [2.24, 2.45) is 5.73 Å². The minimum atomic E-state index is 0.147. The SMILES string of the molecule is NC1CC(Nc2ccc(Br)cc2)c2ccccc21. The Kier molecular flexibility index (Phi) is 3.10. The predicted octanol–water partition coefficient (Wildman–Crippen LogP) is 4.01. The summed E-state index contributed by atoms with van der Waals surface area (Å²) in [6.07, 6.45) is 0.954. The molecule has 18 heavy (non-hydrogen) atoms. The molecule has 0 saturated carbocycles. The minimum Gasteiger partial charge on any atom is -0.378 e. The maximum atomic E-state index is 6.17. The standard InChI is InChI=1S/C15H15BrN2/c16-10-5-7-11(8-6-10)18-15-9-14(17)12-3-1-2-4-13(12)15/h1-8,14-15,18H,9,17H2. The average molecular weight is 303 g/mol. The molecule has 2 aromatic rings. The van der Waals surface area contributed by atoms with E-state index in [1.807, 2.05) is 12.1 Å². The molecule has 0 fully saturated rings. The first kappa shape index (κ1) is 11.8. The molecule has 92 valence electrons. The molecule has 3 rings (SSSR count). The Morgan fingerprint density at radius 2 is 1.67 bits per heavy atom. The minimum absolute atomic E-state index is 0.147. The Labute approximate surface area is 115 Å². The van der Waals surface area contributed by atoms with Crippen molar-refractivity contribution in [3.63, 3.8) is 0 Å². The Hall–Kier alpha value is -1.32. The monoisotopic (exact) mass is 302 g/mol. The van der Waals surface area contributed by atoms with Crippen molar-refractivity contribution in [2.45, 2.75) is 18.5 Å². The number of anilines is 1. The molecule has 1 aliphatic rings. The molecular weight excluding hydrogens is 288 g/mol. The number of fused-ring (bicyclic) bond motifs is 1. The Morgan fingerprint density at radius 1 is 1.00 bits per heavy atom. The van der Waals surface area contributed by atoms with E-state index >= 15 is 0 Å². The molecule has 0 aliphatic heterocycles. The normalized spacial score (nSPS) is 21.7. The number of nitrogens with one attached hydrogen (secondary N) is 1. The van der Waals surface area contributed by atoms with Gasteiger partial charge in [0.25, 0.3) is 0 Å². The van der Waals surface area contributed by atoms with Crippen LogP contribution >= 0.6 is 15.9 Å². The van der Waals surface area contributed by atoms with Crippen molar-refractivity contribution in [1.29, 1.82) is 0 Å². The van der Waals surface area contributed by atoms with Gasteiger partial charge in [0.1, 0.15) is 0 Å². The highest BCUT2D eigenvalue weighted by Gasteiger charge is 2.27. The van der Waals surface area contributed by atoms with Gasteiger partial charge in [0.2, 0.25) is 0 Å². The van der Waals surface area contributed by atoms with Crippen LogP contribution in [0.25, 0.3) is 0 Å². The van der Waals surface area contributed by atoms with Crippen LogP contribution in [-0.4, -0.2) is 0 Å². The third kappa shape index (κ3) is 2.16. The fraction of sp³-hybridized carbons (Fsp3) is 0.200. The molecule has 0 radical (unpaired) electrons. The summed E-state index contributed by atoms with van der Waals surface area (Å²) >= 11 is 3.45. The van der Waals surface area contributed by atoms with Gasteiger partial charge in [0.05, 0.1) is 6.04 Å². The van der Waals surface area contributed by atoms with Gasteiger partial charge in [-0.25, -0.2) is 0 Å². The summed E-state index contributed by atoms with van der Waals surface area (Å²) in [6.45, 7) is 0. The zero-order valence-electron chi connectivity index (χ0n) is 9.94. The summed E-state index contributed by atoms with van der Waals surface area (Å²) in [7, 11) is 0. The fourth-order valence-corrected chi connectivity index (χ4v) is 2.82. The summed E-state index contributed by atoms with van der Waals surface area (Å²) in [5, 5.41) is 3.55. The first-order chi connectivity index (χ1) is 8.74. The van der Waals surface area contributed by atoms with Crippen LogP contribution in [-0.2, 0) is 0 Å². The van der Waals surface area contributed by atoms with Crippen LogP contribution in [0.5, 0.6) is 0 Å². The van der Waals surface area contributed by atoms with Crippen LogP contribution in [0.1, 0.15) is 29.6 Å². The van der Waals surface area contributed by atoms with Gasteiger partial charge in [0.15, 0.2) is 0 Å². The lowest BCUT2D eigenvalue weighted by Gasteiger charge is -2.15. The van der Waals surface area contributed by atoms with Gasteiger partial charge < -0.3 is 11.1 Å². The van der Waals surface area contributed by atoms with E-state index < -0.39 is 0 Å².